The summed E-state index contributed by atoms with van der Waals surface area (Å²) in [5.41, 5.74) is 0.648. The Morgan fingerprint density at radius 1 is 0.848 bits per heavy atom. The molecule has 1 rings (SSSR count). The quantitative estimate of drug-likeness (QED) is 0.0490. The standard InChI is InChI=1S/C27H45N5O11SSi2/c1-45(2,12-6-7-19(24(36)37)25(38)39)43-46(3,4)17-44-16-21-29-13-18(14-30-21)15-31-22(33)10-9-20(26(40)41)32-27(42)28-11-5-8-23(34)35/h13-14,19-20H,5-12,15-17H2,1-4H3,(H,31,33)(H,34,35)(H,36,37)(H,38,39)(H,40,41)(H2,28,32,42)/t20-/m0/s1. The third-order valence-corrected chi connectivity index (χ3v) is 16.5. The van der Waals surface area contributed by atoms with Crippen molar-refractivity contribution in [2.45, 2.75) is 89.1 Å². The van der Waals surface area contributed by atoms with Crippen molar-refractivity contribution in [3.8, 4) is 0 Å². The van der Waals surface area contributed by atoms with Gasteiger partial charge in [-0.1, -0.05) is 6.42 Å². The zero-order valence-corrected chi connectivity index (χ0v) is 29.4. The van der Waals surface area contributed by atoms with Crippen molar-refractivity contribution in [2.24, 2.45) is 5.92 Å². The molecule has 0 fully saturated rings. The number of rotatable bonds is 23. The zero-order valence-electron chi connectivity index (χ0n) is 26.5. The molecule has 7 N–H and O–H groups in total. The van der Waals surface area contributed by atoms with Crippen LogP contribution in [0.4, 0.5) is 4.79 Å². The molecule has 1 atom stereocenters. The van der Waals surface area contributed by atoms with E-state index in [4.69, 9.17) is 19.4 Å². The molecule has 16 nitrogen and oxygen atoms in total. The number of aromatic nitrogens is 2. The first-order chi connectivity index (χ1) is 21.4. The van der Waals surface area contributed by atoms with Gasteiger partial charge in [0.1, 0.15) is 11.9 Å². The Bertz CT molecular complexity index is 1190. The van der Waals surface area contributed by atoms with E-state index in [1.807, 2.05) is 0 Å². The molecule has 1 heterocycles. The number of aliphatic carboxylic acids is 4. The lowest BCUT2D eigenvalue weighted by atomic mass is 10.1. The highest BCUT2D eigenvalue weighted by atomic mass is 32.2. The average Bonchev–Trinajstić information content (AvgIpc) is 2.93. The van der Waals surface area contributed by atoms with Gasteiger partial charge >= 0.3 is 29.9 Å². The first-order valence-electron chi connectivity index (χ1n) is 14.7. The van der Waals surface area contributed by atoms with Gasteiger partial charge in [0.25, 0.3) is 0 Å². The predicted molar refractivity (Wildman–Crippen MR) is 173 cm³/mol. The van der Waals surface area contributed by atoms with Crippen LogP contribution in [0.25, 0.3) is 0 Å². The molecule has 0 aliphatic rings. The molecule has 0 unspecified atom stereocenters. The van der Waals surface area contributed by atoms with Gasteiger partial charge in [0, 0.05) is 49.3 Å². The molecule has 0 spiro atoms. The number of amides is 3. The first-order valence-corrected chi connectivity index (χ1v) is 22.1. The van der Waals surface area contributed by atoms with Gasteiger partial charge in [0.05, 0.1) is 5.75 Å². The monoisotopic (exact) mass is 703 g/mol. The SMILES string of the molecule is C[Si](C)(CCCC(C(=O)O)C(=O)O)O[Si](C)(C)CSCc1ncc(CNC(=O)CC[C@H](NC(=O)NCCCC(=O)O)C(=O)O)cn1. The fourth-order valence-corrected chi connectivity index (χ4v) is 15.2. The topological polar surface area (TPSA) is 254 Å². The minimum Gasteiger partial charge on any atom is -0.481 e. The van der Waals surface area contributed by atoms with Crippen LogP contribution < -0.4 is 16.0 Å². The van der Waals surface area contributed by atoms with Crippen LogP contribution in [0.1, 0.15) is 49.9 Å². The van der Waals surface area contributed by atoms with Gasteiger partial charge in [-0.05, 0) is 51.5 Å². The zero-order chi connectivity index (χ0) is 34.9. The van der Waals surface area contributed by atoms with Gasteiger partial charge in [0.2, 0.25) is 5.91 Å². The summed E-state index contributed by atoms with van der Waals surface area (Å²) in [5, 5.41) is 44.1. The average molecular weight is 704 g/mol. The van der Waals surface area contributed by atoms with Crippen molar-refractivity contribution in [1.82, 2.24) is 25.9 Å². The lowest BCUT2D eigenvalue weighted by Gasteiger charge is -2.34. The molecule has 0 aliphatic carbocycles. The molecule has 0 aliphatic heterocycles. The molecule has 0 aromatic carbocycles. The Kier molecular flexibility index (Phi) is 17.5. The van der Waals surface area contributed by atoms with Crippen molar-refractivity contribution < 1.29 is 53.3 Å². The van der Waals surface area contributed by atoms with Crippen molar-refractivity contribution in [3.05, 3.63) is 23.8 Å². The molecule has 3 amide bonds. The Hall–Kier alpha value is -3.56. The second-order valence-electron chi connectivity index (χ2n) is 11.8. The van der Waals surface area contributed by atoms with E-state index in [9.17, 15) is 33.9 Å². The summed E-state index contributed by atoms with van der Waals surface area (Å²) in [5.74, 6) is -5.64. The summed E-state index contributed by atoms with van der Waals surface area (Å²) >= 11 is 1.64. The molecule has 19 heteroatoms. The first kappa shape index (κ1) is 40.5. The number of hydrogen-bond acceptors (Lipinski definition) is 10. The highest BCUT2D eigenvalue weighted by molar-refractivity contribution is 8.00. The van der Waals surface area contributed by atoms with Gasteiger partial charge in [-0.25, -0.2) is 19.6 Å². The fraction of sp³-hybridized carbons (Fsp3) is 0.630. The largest absolute Gasteiger partial charge is 0.481 e. The van der Waals surface area contributed by atoms with Gasteiger partial charge in [-0.3, -0.25) is 19.2 Å². The van der Waals surface area contributed by atoms with Crippen LogP contribution >= 0.6 is 11.8 Å². The molecular formula is C27H45N5O11SSi2. The van der Waals surface area contributed by atoms with E-state index in [1.165, 1.54) is 0 Å². The summed E-state index contributed by atoms with van der Waals surface area (Å²) in [7, 11) is -4.22. The molecule has 0 bridgehead atoms. The summed E-state index contributed by atoms with van der Waals surface area (Å²) in [6.07, 6.45) is 3.49. The van der Waals surface area contributed by atoms with Gasteiger partial charge < -0.3 is 40.5 Å². The minimum absolute atomic E-state index is 0.0658. The molecule has 0 saturated carbocycles. The van der Waals surface area contributed by atoms with E-state index in [0.717, 1.165) is 5.38 Å². The van der Waals surface area contributed by atoms with E-state index in [-0.39, 0.29) is 45.2 Å². The van der Waals surface area contributed by atoms with Gasteiger partial charge in [-0.2, -0.15) is 11.8 Å². The van der Waals surface area contributed by atoms with Crippen LogP contribution in [0.15, 0.2) is 12.4 Å². The lowest BCUT2D eigenvalue weighted by molar-refractivity contribution is -0.155. The van der Waals surface area contributed by atoms with E-state index in [1.54, 1.807) is 24.2 Å². The van der Waals surface area contributed by atoms with Crippen LogP contribution in [0.5, 0.6) is 0 Å². The third kappa shape index (κ3) is 17.8. The van der Waals surface area contributed by atoms with Crippen molar-refractivity contribution in [1.29, 1.82) is 0 Å². The van der Waals surface area contributed by atoms with Crippen LogP contribution in [0.2, 0.25) is 32.2 Å². The molecule has 0 radical (unpaired) electrons. The molecule has 258 valence electrons. The van der Waals surface area contributed by atoms with Crippen molar-refractivity contribution in [2.75, 3.05) is 11.9 Å². The number of urea groups is 1. The second kappa shape index (κ2) is 19.8. The molecule has 1 aromatic rings. The Morgan fingerprint density at radius 2 is 1.48 bits per heavy atom. The van der Waals surface area contributed by atoms with E-state index < -0.39 is 64.4 Å². The maximum Gasteiger partial charge on any atom is 0.326 e. The van der Waals surface area contributed by atoms with E-state index in [2.05, 4.69) is 52.1 Å². The Morgan fingerprint density at radius 3 is 2.04 bits per heavy atom. The Balaban J connectivity index is 2.42. The Labute approximate surface area is 273 Å². The molecule has 46 heavy (non-hydrogen) atoms. The van der Waals surface area contributed by atoms with E-state index in [0.29, 0.717) is 29.6 Å². The van der Waals surface area contributed by atoms with Crippen molar-refractivity contribution in [3.63, 3.8) is 0 Å². The van der Waals surface area contributed by atoms with E-state index >= 15 is 0 Å². The van der Waals surface area contributed by atoms with Crippen LogP contribution in [0.3, 0.4) is 0 Å². The smallest absolute Gasteiger partial charge is 0.326 e. The molecule has 1 aromatic heterocycles. The highest BCUT2D eigenvalue weighted by Gasteiger charge is 2.34. The van der Waals surface area contributed by atoms with Gasteiger partial charge in [-0.15, -0.1) is 0 Å². The number of nitrogens with zero attached hydrogens (tertiary/aromatic N) is 2. The predicted octanol–water partition coefficient (Wildman–Crippen LogP) is 2.26. The number of carboxylic acids is 4. The molecular weight excluding hydrogens is 659 g/mol. The lowest BCUT2D eigenvalue weighted by Crippen LogP contribution is -2.46. The summed E-state index contributed by atoms with van der Waals surface area (Å²) in [4.78, 5) is 77.0. The maximum absolute atomic E-state index is 12.3. The maximum atomic E-state index is 12.3. The number of thioether (sulfide) groups is 1. The number of carbonyl (C=O) groups is 6. The minimum atomic E-state index is -2.14. The van der Waals surface area contributed by atoms with Crippen LogP contribution in [0, 0.1) is 5.92 Å². The summed E-state index contributed by atoms with van der Waals surface area (Å²) in [6.45, 7) is 8.52. The number of carboxylic acid groups (broad SMARTS) is 4. The number of hydrogen-bond donors (Lipinski definition) is 7. The molecule has 0 saturated heterocycles. The normalized spacial score (nSPS) is 12.3. The summed E-state index contributed by atoms with van der Waals surface area (Å²) < 4.78 is 6.54. The van der Waals surface area contributed by atoms with Crippen LogP contribution in [-0.4, -0.2) is 101 Å². The van der Waals surface area contributed by atoms with Gasteiger partial charge in [0.15, 0.2) is 22.6 Å². The van der Waals surface area contributed by atoms with Crippen molar-refractivity contribution >= 4 is 64.2 Å². The highest BCUT2D eigenvalue weighted by Crippen LogP contribution is 2.25. The fourth-order valence-electron chi connectivity index (χ4n) is 4.32. The number of nitrogens with one attached hydrogen (secondary N) is 3. The summed E-state index contributed by atoms with van der Waals surface area (Å²) in [6, 6.07) is -1.40. The number of carbonyl (C=O) groups excluding carboxylic acids is 2. The third-order valence-electron chi connectivity index (χ3n) is 6.47. The second-order valence-corrected chi connectivity index (χ2v) is 22.1. The van der Waals surface area contributed by atoms with Crippen LogP contribution in [-0.2, 0) is 40.4 Å².